The van der Waals surface area contributed by atoms with Gasteiger partial charge in [0.15, 0.2) is 0 Å². The van der Waals surface area contributed by atoms with Crippen molar-refractivity contribution in [2.45, 2.75) is 31.2 Å². The molecule has 3 rings (SSSR count). The van der Waals surface area contributed by atoms with Gasteiger partial charge in [-0.2, -0.15) is 0 Å². The fourth-order valence-corrected chi connectivity index (χ4v) is 2.53. The van der Waals surface area contributed by atoms with Gasteiger partial charge < -0.3 is 10.2 Å². The molecule has 1 fully saturated rings. The van der Waals surface area contributed by atoms with Crippen LogP contribution >= 0.6 is 0 Å². The molecule has 0 saturated heterocycles. The standard InChI is InChI=1S/C12H14N2O/c13-12(4-1-2-5-12)10-8-15-11-3-6-14-7-9(10)11/h3,6-8H,1-2,4-5,13H2. The van der Waals surface area contributed by atoms with E-state index in [1.807, 2.05) is 12.3 Å². The van der Waals surface area contributed by atoms with Gasteiger partial charge >= 0.3 is 0 Å². The second kappa shape index (κ2) is 3.07. The van der Waals surface area contributed by atoms with E-state index in [9.17, 15) is 0 Å². The van der Waals surface area contributed by atoms with Crippen LogP contribution < -0.4 is 5.73 Å². The Morgan fingerprint density at radius 1 is 1.33 bits per heavy atom. The van der Waals surface area contributed by atoms with Gasteiger partial charge in [0.1, 0.15) is 5.58 Å². The molecule has 3 heteroatoms. The van der Waals surface area contributed by atoms with Crippen molar-refractivity contribution >= 4 is 11.0 Å². The lowest BCUT2D eigenvalue weighted by Crippen LogP contribution is -2.32. The molecule has 0 aromatic carbocycles. The third kappa shape index (κ3) is 1.27. The monoisotopic (exact) mass is 202 g/mol. The van der Waals surface area contributed by atoms with Crippen molar-refractivity contribution in [2.75, 3.05) is 0 Å². The van der Waals surface area contributed by atoms with Crippen LogP contribution in [0, 0.1) is 0 Å². The molecule has 0 bridgehead atoms. The molecule has 2 aromatic heterocycles. The van der Waals surface area contributed by atoms with Gasteiger partial charge in [-0.1, -0.05) is 12.8 Å². The molecule has 0 radical (unpaired) electrons. The maximum absolute atomic E-state index is 6.40. The van der Waals surface area contributed by atoms with Crippen molar-refractivity contribution in [2.24, 2.45) is 5.73 Å². The predicted octanol–water partition coefficient (Wildman–Crippen LogP) is 2.56. The average molecular weight is 202 g/mol. The highest BCUT2D eigenvalue weighted by atomic mass is 16.3. The van der Waals surface area contributed by atoms with Crippen molar-refractivity contribution in [1.29, 1.82) is 0 Å². The van der Waals surface area contributed by atoms with Crippen LogP contribution in [-0.2, 0) is 5.54 Å². The Hall–Kier alpha value is -1.35. The van der Waals surface area contributed by atoms with Crippen LogP contribution in [0.1, 0.15) is 31.2 Å². The summed E-state index contributed by atoms with van der Waals surface area (Å²) in [4.78, 5) is 4.13. The highest BCUT2D eigenvalue weighted by molar-refractivity contribution is 5.81. The third-order valence-corrected chi connectivity index (χ3v) is 3.41. The fraction of sp³-hybridized carbons (Fsp3) is 0.417. The maximum Gasteiger partial charge on any atom is 0.137 e. The van der Waals surface area contributed by atoms with Crippen LogP contribution in [0.5, 0.6) is 0 Å². The van der Waals surface area contributed by atoms with Crippen molar-refractivity contribution < 1.29 is 4.42 Å². The van der Waals surface area contributed by atoms with E-state index in [1.165, 1.54) is 12.8 Å². The number of fused-ring (bicyclic) bond motifs is 1. The molecule has 3 nitrogen and oxygen atoms in total. The smallest absolute Gasteiger partial charge is 0.137 e. The lowest BCUT2D eigenvalue weighted by molar-refractivity contribution is 0.455. The second-order valence-corrected chi connectivity index (χ2v) is 4.38. The van der Waals surface area contributed by atoms with Crippen molar-refractivity contribution in [3.05, 3.63) is 30.3 Å². The van der Waals surface area contributed by atoms with E-state index in [0.717, 1.165) is 29.4 Å². The summed E-state index contributed by atoms with van der Waals surface area (Å²) in [5.41, 5.74) is 8.23. The summed E-state index contributed by atoms with van der Waals surface area (Å²) < 4.78 is 5.51. The van der Waals surface area contributed by atoms with E-state index in [4.69, 9.17) is 10.2 Å². The maximum atomic E-state index is 6.40. The fourth-order valence-electron chi connectivity index (χ4n) is 2.53. The first-order chi connectivity index (χ1) is 7.30. The first-order valence-corrected chi connectivity index (χ1v) is 5.40. The zero-order valence-corrected chi connectivity index (χ0v) is 8.57. The van der Waals surface area contributed by atoms with Crippen LogP contribution in [0.4, 0.5) is 0 Å². The number of hydrogen-bond acceptors (Lipinski definition) is 3. The lowest BCUT2D eigenvalue weighted by Gasteiger charge is -2.22. The number of aromatic nitrogens is 1. The molecule has 78 valence electrons. The van der Waals surface area contributed by atoms with Gasteiger partial charge in [-0.3, -0.25) is 4.98 Å². The minimum Gasteiger partial charge on any atom is -0.464 e. The number of hydrogen-bond donors (Lipinski definition) is 1. The summed E-state index contributed by atoms with van der Waals surface area (Å²) in [6.07, 6.45) is 9.92. The van der Waals surface area contributed by atoms with Gasteiger partial charge in [0, 0.05) is 28.9 Å². The Labute approximate surface area is 88.3 Å². The third-order valence-electron chi connectivity index (χ3n) is 3.41. The molecule has 0 atom stereocenters. The normalized spacial score (nSPS) is 19.8. The van der Waals surface area contributed by atoms with E-state index in [-0.39, 0.29) is 5.54 Å². The highest BCUT2D eigenvalue weighted by Gasteiger charge is 2.33. The average Bonchev–Trinajstić information content (AvgIpc) is 2.84. The van der Waals surface area contributed by atoms with Gasteiger partial charge in [-0.15, -0.1) is 0 Å². The molecule has 0 spiro atoms. The summed E-state index contributed by atoms with van der Waals surface area (Å²) >= 11 is 0. The van der Waals surface area contributed by atoms with Gasteiger partial charge in [0.05, 0.1) is 6.26 Å². The van der Waals surface area contributed by atoms with E-state index < -0.39 is 0 Å². The highest BCUT2D eigenvalue weighted by Crippen LogP contribution is 2.39. The van der Waals surface area contributed by atoms with E-state index in [0.29, 0.717) is 0 Å². The summed E-state index contributed by atoms with van der Waals surface area (Å²) in [5.74, 6) is 0. The molecular formula is C12H14N2O. The number of pyridine rings is 1. The molecule has 0 amide bonds. The SMILES string of the molecule is NC1(c2coc3ccncc23)CCCC1. The van der Waals surface area contributed by atoms with Crippen LogP contribution in [0.2, 0.25) is 0 Å². The minimum absolute atomic E-state index is 0.186. The van der Waals surface area contributed by atoms with Crippen LogP contribution in [0.15, 0.2) is 29.1 Å². The van der Waals surface area contributed by atoms with E-state index in [1.54, 1.807) is 12.5 Å². The Balaban J connectivity index is 2.18. The summed E-state index contributed by atoms with van der Waals surface area (Å²) in [7, 11) is 0. The Morgan fingerprint density at radius 2 is 2.13 bits per heavy atom. The minimum atomic E-state index is -0.186. The van der Waals surface area contributed by atoms with Crippen molar-refractivity contribution in [3.63, 3.8) is 0 Å². The second-order valence-electron chi connectivity index (χ2n) is 4.38. The van der Waals surface area contributed by atoms with E-state index >= 15 is 0 Å². The number of furan rings is 1. The predicted molar refractivity (Wildman–Crippen MR) is 58.3 cm³/mol. The Morgan fingerprint density at radius 3 is 2.93 bits per heavy atom. The van der Waals surface area contributed by atoms with Gasteiger partial charge in [-0.05, 0) is 18.9 Å². The van der Waals surface area contributed by atoms with Gasteiger partial charge in [-0.25, -0.2) is 0 Å². The summed E-state index contributed by atoms with van der Waals surface area (Å²) in [6.45, 7) is 0. The topological polar surface area (TPSA) is 52.0 Å². The summed E-state index contributed by atoms with van der Waals surface area (Å²) in [6, 6.07) is 1.89. The lowest BCUT2D eigenvalue weighted by atomic mass is 9.90. The van der Waals surface area contributed by atoms with Crippen molar-refractivity contribution in [1.82, 2.24) is 4.98 Å². The molecule has 0 aliphatic heterocycles. The molecule has 2 N–H and O–H groups in total. The van der Waals surface area contributed by atoms with Crippen LogP contribution in [-0.4, -0.2) is 4.98 Å². The molecule has 2 aromatic rings. The molecular weight excluding hydrogens is 188 g/mol. The largest absolute Gasteiger partial charge is 0.464 e. The number of nitrogens with zero attached hydrogens (tertiary/aromatic N) is 1. The van der Waals surface area contributed by atoms with Gasteiger partial charge in [0.2, 0.25) is 0 Å². The van der Waals surface area contributed by atoms with Gasteiger partial charge in [0.25, 0.3) is 0 Å². The Kier molecular flexibility index (Phi) is 1.83. The molecule has 1 aliphatic carbocycles. The molecule has 1 aliphatic rings. The number of rotatable bonds is 1. The quantitative estimate of drug-likeness (QED) is 0.773. The molecule has 15 heavy (non-hydrogen) atoms. The zero-order valence-electron chi connectivity index (χ0n) is 8.57. The van der Waals surface area contributed by atoms with Crippen LogP contribution in [0.3, 0.4) is 0 Å². The Bertz CT molecular complexity index is 483. The summed E-state index contributed by atoms with van der Waals surface area (Å²) in [5, 5.41) is 1.07. The van der Waals surface area contributed by atoms with Crippen molar-refractivity contribution in [3.8, 4) is 0 Å². The van der Waals surface area contributed by atoms with E-state index in [2.05, 4.69) is 4.98 Å². The number of nitrogens with two attached hydrogens (primary N) is 1. The zero-order chi connectivity index (χ0) is 10.3. The molecule has 1 saturated carbocycles. The molecule has 0 unspecified atom stereocenters. The molecule has 2 heterocycles. The first kappa shape index (κ1) is 8.92. The first-order valence-electron chi connectivity index (χ1n) is 5.40. The van der Waals surface area contributed by atoms with Crippen LogP contribution in [0.25, 0.3) is 11.0 Å².